The summed E-state index contributed by atoms with van der Waals surface area (Å²) in [6.07, 6.45) is 2.84. The van der Waals surface area contributed by atoms with Gasteiger partial charge in [0.2, 0.25) is 0 Å². The lowest BCUT2D eigenvalue weighted by molar-refractivity contribution is 0.477. The molecule has 1 atom stereocenters. The van der Waals surface area contributed by atoms with Crippen molar-refractivity contribution in [1.29, 1.82) is 0 Å². The molecule has 0 fully saturated rings. The average Bonchev–Trinajstić information content (AvgIpc) is 2.49. The zero-order chi connectivity index (χ0) is 15.2. The van der Waals surface area contributed by atoms with Gasteiger partial charge in [-0.05, 0) is 56.6 Å². The highest BCUT2D eigenvalue weighted by molar-refractivity contribution is 6.32. The van der Waals surface area contributed by atoms with E-state index < -0.39 is 0 Å². The first-order valence-corrected chi connectivity index (χ1v) is 7.61. The highest BCUT2D eigenvalue weighted by Gasteiger charge is 2.07. The van der Waals surface area contributed by atoms with E-state index in [2.05, 4.69) is 24.1 Å². The van der Waals surface area contributed by atoms with Gasteiger partial charge in [0.1, 0.15) is 11.5 Å². The van der Waals surface area contributed by atoms with Crippen LogP contribution in [-0.2, 0) is 0 Å². The summed E-state index contributed by atoms with van der Waals surface area (Å²) in [5.74, 6) is 1.34. The molecule has 112 valence electrons. The number of ether oxygens (including phenoxy) is 1. The van der Waals surface area contributed by atoms with Crippen LogP contribution in [0.1, 0.15) is 37.6 Å². The van der Waals surface area contributed by atoms with Crippen molar-refractivity contribution in [2.24, 2.45) is 0 Å². The lowest BCUT2D eigenvalue weighted by Crippen LogP contribution is -2.20. The first kappa shape index (κ1) is 15.8. The minimum absolute atomic E-state index is 0.238. The SMILES string of the molecule is CCCNC(C)c1ccc(Oc2cc(C)ccc2Cl)cn1. The van der Waals surface area contributed by atoms with Crippen LogP contribution in [0.2, 0.25) is 5.02 Å². The number of hydrogen-bond donors (Lipinski definition) is 1. The molecule has 1 aromatic heterocycles. The number of pyridine rings is 1. The van der Waals surface area contributed by atoms with E-state index in [0.29, 0.717) is 16.5 Å². The number of benzene rings is 1. The molecule has 0 bridgehead atoms. The Morgan fingerprint density at radius 2 is 2.10 bits per heavy atom. The fraction of sp³-hybridized carbons (Fsp3) is 0.353. The molecular weight excluding hydrogens is 284 g/mol. The van der Waals surface area contributed by atoms with Crippen LogP contribution in [0.5, 0.6) is 11.5 Å². The quantitative estimate of drug-likeness (QED) is 0.824. The van der Waals surface area contributed by atoms with E-state index in [1.54, 1.807) is 6.20 Å². The second kappa shape index (κ2) is 7.43. The van der Waals surface area contributed by atoms with E-state index in [0.717, 1.165) is 24.2 Å². The minimum atomic E-state index is 0.238. The Morgan fingerprint density at radius 3 is 2.76 bits per heavy atom. The molecule has 0 aliphatic heterocycles. The van der Waals surface area contributed by atoms with Gasteiger partial charge in [-0.25, -0.2) is 0 Å². The van der Waals surface area contributed by atoms with Gasteiger partial charge in [0.05, 0.1) is 16.9 Å². The van der Waals surface area contributed by atoms with Crippen LogP contribution in [-0.4, -0.2) is 11.5 Å². The maximum Gasteiger partial charge on any atom is 0.146 e. The molecule has 2 rings (SSSR count). The fourth-order valence-corrected chi connectivity index (χ4v) is 2.15. The number of nitrogens with one attached hydrogen (secondary N) is 1. The molecule has 3 nitrogen and oxygen atoms in total. The van der Waals surface area contributed by atoms with Crippen molar-refractivity contribution in [3.05, 3.63) is 52.8 Å². The summed E-state index contributed by atoms with van der Waals surface area (Å²) in [6.45, 7) is 7.25. The van der Waals surface area contributed by atoms with Crippen LogP contribution in [0.15, 0.2) is 36.5 Å². The summed E-state index contributed by atoms with van der Waals surface area (Å²) in [6, 6.07) is 9.85. The van der Waals surface area contributed by atoms with Gasteiger partial charge < -0.3 is 10.1 Å². The Morgan fingerprint density at radius 1 is 1.29 bits per heavy atom. The van der Waals surface area contributed by atoms with Crippen molar-refractivity contribution < 1.29 is 4.74 Å². The van der Waals surface area contributed by atoms with Crippen molar-refractivity contribution in [2.45, 2.75) is 33.2 Å². The van der Waals surface area contributed by atoms with Gasteiger partial charge in [0, 0.05) is 6.04 Å². The van der Waals surface area contributed by atoms with Gasteiger partial charge in [-0.1, -0.05) is 24.6 Å². The lowest BCUT2D eigenvalue weighted by atomic mass is 10.2. The Labute approximate surface area is 131 Å². The molecule has 2 aromatic rings. The number of aromatic nitrogens is 1. The van der Waals surface area contributed by atoms with Crippen molar-refractivity contribution in [2.75, 3.05) is 6.54 Å². The van der Waals surface area contributed by atoms with Crippen molar-refractivity contribution >= 4 is 11.6 Å². The molecule has 1 heterocycles. The van der Waals surface area contributed by atoms with Gasteiger partial charge in [-0.2, -0.15) is 0 Å². The van der Waals surface area contributed by atoms with Crippen LogP contribution in [0.25, 0.3) is 0 Å². The zero-order valence-corrected chi connectivity index (χ0v) is 13.4. The Hall–Kier alpha value is -1.58. The van der Waals surface area contributed by atoms with Crippen molar-refractivity contribution in [1.82, 2.24) is 10.3 Å². The zero-order valence-electron chi connectivity index (χ0n) is 12.7. The van der Waals surface area contributed by atoms with Gasteiger partial charge in [0.15, 0.2) is 0 Å². The third-order valence-electron chi connectivity index (χ3n) is 3.22. The Bertz CT molecular complexity index is 584. The molecule has 1 N–H and O–H groups in total. The third kappa shape index (κ3) is 4.45. The normalized spacial score (nSPS) is 12.2. The molecule has 0 saturated carbocycles. The molecule has 1 aromatic carbocycles. The van der Waals surface area contributed by atoms with Crippen molar-refractivity contribution in [3.8, 4) is 11.5 Å². The van der Waals surface area contributed by atoms with E-state index in [-0.39, 0.29) is 6.04 Å². The summed E-state index contributed by atoms with van der Waals surface area (Å²) < 4.78 is 5.79. The Balaban J connectivity index is 2.07. The number of nitrogens with zero attached hydrogens (tertiary/aromatic N) is 1. The first-order chi connectivity index (χ1) is 10.1. The van der Waals surface area contributed by atoms with E-state index in [9.17, 15) is 0 Å². The highest BCUT2D eigenvalue weighted by atomic mass is 35.5. The summed E-state index contributed by atoms with van der Waals surface area (Å²) in [4.78, 5) is 4.45. The summed E-state index contributed by atoms with van der Waals surface area (Å²) in [5, 5.41) is 4.01. The average molecular weight is 305 g/mol. The molecule has 21 heavy (non-hydrogen) atoms. The Kier molecular flexibility index (Phi) is 5.59. The van der Waals surface area contributed by atoms with Gasteiger partial charge >= 0.3 is 0 Å². The van der Waals surface area contributed by atoms with E-state index in [1.807, 2.05) is 37.3 Å². The standard InChI is InChI=1S/C17H21ClN2O/c1-4-9-19-13(3)16-8-6-14(11-20-16)21-17-10-12(2)5-7-15(17)18/h5-8,10-11,13,19H,4,9H2,1-3H3. The smallest absolute Gasteiger partial charge is 0.146 e. The highest BCUT2D eigenvalue weighted by Crippen LogP contribution is 2.30. The molecule has 0 spiro atoms. The van der Waals surface area contributed by atoms with Gasteiger partial charge in [0.25, 0.3) is 0 Å². The first-order valence-electron chi connectivity index (χ1n) is 7.23. The summed E-state index contributed by atoms with van der Waals surface area (Å²) in [5.41, 5.74) is 2.11. The second-order valence-electron chi connectivity index (χ2n) is 5.13. The van der Waals surface area contributed by atoms with Gasteiger partial charge in [-0.3, -0.25) is 4.98 Å². The monoisotopic (exact) mass is 304 g/mol. The molecule has 0 saturated heterocycles. The molecule has 0 aliphatic carbocycles. The van der Waals surface area contributed by atoms with E-state index >= 15 is 0 Å². The molecule has 0 radical (unpaired) electrons. The predicted octanol–water partition coefficient (Wildman–Crippen LogP) is 4.90. The van der Waals surface area contributed by atoms with Crippen LogP contribution in [0.3, 0.4) is 0 Å². The largest absolute Gasteiger partial charge is 0.454 e. The summed E-state index contributed by atoms with van der Waals surface area (Å²) >= 11 is 6.13. The summed E-state index contributed by atoms with van der Waals surface area (Å²) in [7, 11) is 0. The number of rotatable bonds is 6. The van der Waals surface area contributed by atoms with E-state index in [1.165, 1.54) is 0 Å². The predicted molar refractivity (Wildman–Crippen MR) is 87.2 cm³/mol. The molecule has 1 unspecified atom stereocenters. The maximum atomic E-state index is 6.13. The number of halogens is 1. The van der Waals surface area contributed by atoms with E-state index in [4.69, 9.17) is 16.3 Å². The molecule has 0 aliphatic rings. The minimum Gasteiger partial charge on any atom is -0.454 e. The second-order valence-corrected chi connectivity index (χ2v) is 5.54. The lowest BCUT2D eigenvalue weighted by Gasteiger charge is -2.13. The number of hydrogen-bond acceptors (Lipinski definition) is 3. The molecule has 4 heteroatoms. The fourth-order valence-electron chi connectivity index (χ4n) is 1.99. The molecular formula is C17H21ClN2O. The molecule has 0 amide bonds. The third-order valence-corrected chi connectivity index (χ3v) is 3.53. The topological polar surface area (TPSA) is 34.1 Å². The van der Waals surface area contributed by atoms with Gasteiger partial charge in [-0.15, -0.1) is 0 Å². The van der Waals surface area contributed by atoms with Crippen LogP contribution >= 0.6 is 11.6 Å². The van der Waals surface area contributed by atoms with Crippen LogP contribution in [0.4, 0.5) is 0 Å². The maximum absolute atomic E-state index is 6.13. The number of aryl methyl sites for hydroxylation is 1. The van der Waals surface area contributed by atoms with Crippen LogP contribution in [0, 0.1) is 6.92 Å². The van der Waals surface area contributed by atoms with Crippen LogP contribution < -0.4 is 10.1 Å². The van der Waals surface area contributed by atoms with Crippen molar-refractivity contribution in [3.63, 3.8) is 0 Å².